The topological polar surface area (TPSA) is 78.9 Å². The van der Waals surface area contributed by atoms with Crippen molar-refractivity contribution in [1.29, 1.82) is 5.26 Å². The van der Waals surface area contributed by atoms with E-state index in [0.717, 1.165) is 12.8 Å². The summed E-state index contributed by atoms with van der Waals surface area (Å²) in [6.07, 6.45) is 2.24. The van der Waals surface area contributed by atoms with Crippen molar-refractivity contribution in [2.75, 3.05) is 0 Å². The molecule has 1 rings (SSSR count). The molecule has 0 aliphatic heterocycles. The number of hydrogen-bond acceptors (Lipinski definition) is 3. The van der Waals surface area contributed by atoms with Gasteiger partial charge in [-0.2, -0.15) is 5.26 Å². The quantitative estimate of drug-likeness (QED) is 0.574. The molecule has 0 saturated heterocycles. The number of hydrogen-bond donors (Lipinski definition) is 2. The number of nitrogens with two attached hydrogens (primary N) is 1. The fourth-order valence-corrected chi connectivity index (χ4v) is 0.760. The van der Waals surface area contributed by atoms with Crippen LogP contribution in [0.5, 0.6) is 0 Å². The molecule has 1 atom stereocenters. The zero-order chi connectivity index (χ0) is 8.27. The first-order valence-electron chi connectivity index (χ1n) is 3.67. The largest absolute Gasteiger partial charge is 0.353 e. The third-order valence-electron chi connectivity index (χ3n) is 1.51. The number of amides is 1. The molecule has 11 heavy (non-hydrogen) atoms. The average molecular weight is 153 g/mol. The van der Waals surface area contributed by atoms with Crippen molar-refractivity contribution in [2.24, 2.45) is 5.73 Å². The standard InChI is InChI=1S/C7H11N3O/c8-4-5(9)3-7(11)10-6-1-2-6/h5-6H,1-3,9H2,(H,10,11). The van der Waals surface area contributed by atoms with E-state index in [-0.39, 0.29) is 12.3 Å². The van der Waals surface area contributed by atoms with Crippen LogP contribution in [0.3, 0.4) is 0 Å². The molecule has 0 radical (unpaired) electrons. The lowest BCUT2D eigenvalue weighted by atomic mass is 10.2. The lowest BCUT2D eigenvalue weighted by molar-refractivity contribution is -0.121. The molecule has 1 aliphatic rings. The Kier molecular flexibility index (Phi) is 2.44. The van der Waals surface area contributed by atoms with Gasteiger partial charge in [0.15, 0.2) is 0 Å². The van der Waals surface area contributed by atoms with Crippen LogP contribution in [0.25, 0.3) is 0 Å². The van der Waals surface area contributed by atoms with Crippen LogP contribution < -0.4 is 11.1 Å². The van der Waals surface area contributed by atoms with Crippen LogP contribution >= 0.6 is 0 Å². The summed E-state index contributed by atoms with van der Waals surface area (Å²) in [6.45, 7) is 0. The molecule has 0 spiro atoms. The van der Waals surface area contributed by atoms with Crippen LogP contribution in [0.4, 0.5) is 0 Å². The lowest BCUT2D eigenvalue weighted by Gasteiger charge is -2.02. The highest BCUT2D eigenvalue weighted by Crippen LogP contribution is 2.18. The molecule has 1 saturated carbocycles. The van der Waals surface area contributed by atoms with Gasteiger partial charge < -0.3 is 11.1 Å². The Morgan fingerprint density at radius 3 is 2.91 bits per heavy atom. The molecule has 0 aromatic rings. The zero-order valence-electron chi connectivity index (χ0n) is 6.21. The highest BCUT2D eigenvalue weighted by atomic mass is 16.1. The third kappa shape index (κ3) is 3.01. The molecule has 1 fully saturated rings. The third-order valence-corrected chi connectivity index (χ3v) is 1.51. The first kappa shape index (κ1) is 8.02. The second-order valence-electron chi connectivity index (χ2n) is 2.78. The molecule has 0 aromatic heterocycles. The fraction of sp³-hybridized carbons (Fsp3) is 0.714. The normalized spacial score (nSPS) is 18.5. The summed E-state index contributed by atoms with van der Waals surface area (Å²) in [5.41, 5.74) is 5.25. The van der Waals surface area contributed by atoms with Crippen molar-refractivity contribution in [3.63, 3.8) is 0 Å². The molecule has 1 unspecified atom stereocenters. The van der Waals surface area contributed by atoms with Crippen LogP contribution in [0.2, 0.25) is 0 Å². The van der Waals surface area contributed by atoms with E-state index in [1.807, 2.05) is 0 Å². The molecule has 3 N–H and O–H groups in total. The highest BCUT2D eigenvalue weighted by molar-refractivity contribution is 5.77. The molecule has 0 aromatic carbocycles. The van der Waals surface area contributed by atoms with Gasteiger partial charge in [-0.15, -0.1) is 0 Å². The number of nitrogens with one attached hydrogen (secondary N) is 1. The SMILES string of the molecule is N#CC(N)CC(=O)NC1CC1. The van der Waals surface area contributed by atoms with E-state index in [1.165, 1.54) is 0 Å². The second kappa shape index (κ2) is 3.35. The maximum Gasteiger partial charge on any atom is 0.222 e. The van der Waals surface area contributed by atoms with Crippen molar-refractivity contribution in [2.45, 2.75) is 31.3 Å². The van der Waals surface area contributed by atoms with Crippen molar-refractivity contribution in [1.82, 2.24) is 5.32 Å². The molecule has 4 heteroatoms. The number of rotatable bonds is 3. The van der Waals surface area contributed by atoms with Crippen LogP contribution in [-0.2, 0) is 4.79 Å². The Morgan fingerprint density at radius 2 is 2.45 bits per heavy atom. The summed E-state index contributed by atoms with van der Waals surface area (Å²) in [4.78, 5) is 10.9. The summed E-state index contributed by atoms with van der Waals surface area (Å²) >= 11 is 0. The second-order valence-corrected chi connectivity index (χ2v) is 2.78. The number of nitrogens with zero attached hydrogens (tertiary/aromatic N) is 1. The predicted molar refractivity (Wildman–Crippen MR) is 39.4 cm³/mol. The Bertz CT molecular complexity index is 192. The highest BCUT2D eigenvalue weighted by Gasteiger charge is 2.23. The van der Waals surface area contributed by atoms with Gasteiger partial charge in [-0.05, 0) is 12.8 Å². The van der Waals surface area contributed by atoms with Crippen LogP contribution in [-0.4, -0.2) is 18.0 Å². The minimum Gasteiger partial charge on any atom is -0.353 e. The first-order valence-corrected chi connectivity index (χ1v) is 3.67. The Morgan fingerprint density at radius 1 is 1.82 bits per heavy atom. The molecule has 4 nitrogen and oxygen atoms in total. The van der Waals surface area contributed by atoms with Gasteiger partial charge in [-0.3, -0.25) is 4.79 Å². The van der Waals surface area contributed by atoms with Gasteiger partial charge in [-0.25, -0.2) is 0 Å². The average Bonchev–Trinajstić information content (AvgIpc) is 2.71. The molecule has 1 amide bonds. The van der Waals surface area contributed by atoms with E-state index in [2.05, 4.69) is 5.32 Å². The van der Waals surface area contributed by atoms with Gasteiger partial charge in [-0.1, -0.05) is 0 Å². The van der Waals surface area contributed by atoms with Crippen LogP contribution in [0.1, 0.15) is 19.3 Å². The summed E-state index contributed by atoms with van der Waals surface area (Å²) in [7, 11) is 0. The molecule has 1 aliphatic carbocycles. The van der Waals surface area contributed by atoms with E-state index < -0.39 is 6.04 Å². The van der Waals surface area contributed by atoms with Crippen molar-refractivity contribution >= 4 is 5.91 Å². The number of carbonyl (C=O) groups excluding carboxylic acids is 1. The Hall–Kier alpha value is -1.08. The Balaban J connectivity index is 2.15. The molecule has 0 heterocycles. The van der Waals surface area contributed by atoms with E-state index in [1.54, 1.807) is 6.07 Å². The zero-order valence-corrected chi connectivity index (χ0v) is 6.21. The van der Waals surface area contributed by atoms with Crippen molar-refractivity contribution in [3.05, 3.63) is 0 Å². The van der Waals surface area contributed by atoms with Gasteiger partial charge in [0.2, 0.25) is 5.91 Å². The van der Waals surface area contributed by atoms with Crippen LogP contribution in [0, 0.1) is 11.3 Å². The van der Waals surface area contributed by atoms with Crippen molar-refractivity contribution < 1.29 is 4.79 Å². The van der Waals surface area contributed by atoms with Gasteiger partial charge in [0.1, 0.15) is 6.04 Å². The fourth-order valence-electron chi connectivity index (χ4n) is 0.760. The van der Waals surface area contributed by atoms with E-state index in [4.69, 9.17) is 11.0 Å². The first-order chi connectivity index (χ1) is 5.22. The van der Waals surface area contributed by atoms with E-state index >= 15 is 0 Å². The smallest absolute Gasteiger partial charge is 0.222 e. The van der Waals surface area contributed by atoms with Crippen LogP contribution in [0.15, 0.2) is 0 Å². The van der Waals surface area contributed by atoms with Gasteiger partial charge >= 0.3 is 0 Å². The van der Waals surface area contributed by atoms with Gasteiger partial charge in [0, 0.05) is 6.04 Å². The predicted octanol–water partition coefficient (Wildman–Crippen LogP) is -0.494. The monoisotopic (exact) mass is 153 g/mol. The summed E-state index contributed by atoms with van der Waals surface area (Å²) in [5, 5.41) is 11.0. The maximum atomic E-state index is 10.9. The van der Waals surface area contributed by atoms with E-state index in [0.29, 0.717) is 6.04 Å². The van der Waals surface area contributed by atoms with Crippen molar-refractivity contribution in [3.8, 4) is 6.07 Å². The lowest BCUT2D eigenvalue weighted by Crippen LogP contribution is -2.31. The molecular formula is C7H11N3O. The number of carbonyl (C=O) groups is 1. The number of nitriles is 1. The summed E-state index contributed by atoms with van der Waals surface area (Å²) in [6, 6.07) is 1.50. The minimum absolute atomic E-state index is 0.110. The maximum absolute atomic E-state index is 10.9. The molecular weight excluding hydrogens is 142 g/mol. The van der Waals surface area contributed by atoms with E-state index in [9.17, 15) is 4.79 Å². The summed E-state index contributed by atoms with van der Waals surface area (Å²) in [5.74, 6) is -0.110. The van der Waals surface area contributed by atoms with Gasteiger partial charge in [0.25, 0.3) is 0 Å². The molecule has 0 bridgehead atoms. The Labute approximate surface area is 65.4 Å². The van der Waals surface area contributed by atoms with Gasteiger partial charge in [0.05, 0.1) is 12.5 Å². The summed E-state index contributed by atoms with van der Waals surface area (Å²) < 4.78 is 0. The minimum atomic E-state index is -0.659. The molecule has 60 valence electrons.